The molecule has 0 aliphatic carbocycles. The van der Waals surface area contributed by atoms with Crippen LogP contribution in [0.15, 0.2) is 0 Å². The van der Waals surface area contributed by atoms with E-state index in [1.165, 1.54) is 30.2 Å². The summed E-state index contributed by atoms with van der Waals surface area (Å²) in [4.78, 5) is 2.31. The molecule has 0 spiro atoms. The van der Waals surface area contributed by atoms with Crippen molar-refractivity contribution in [2.45, 2.75) is 27.7 Å². The molecule has 1 atom stereocenters. The molecular formula is C11H26InN3. The normalized spacial score (nSPS) is 24.6. The summed E-state index contributed by atoms with van der Waals surface area (Å²) in [6.07, 6.45) is 1.41. The zero-order valence-corrected chi connectivity index (χ0v) is 14.1. The van der Waals surface area contributed by atoms with Crippen LogP contribution in [0.25, 0.3) is 0 Å². The molecule has 0 bridgehead atoms. The summed E-state index contributed by atoms with van der Waals surface area (Å²) in [6.45, 7) is 6.10. The van der Waals surface area contributed by atoms with Crippen molar-refractivity contribution in [3.63, 3.8) is 0 Å². The molecule has 0 radical (unpaired) electrons. The van der Waals surface area contributed by atoms with Crippen LogP contribution in [0.5, 0.6) is 0 Å². The van der Waals surface area contributed by atoms with Gasteiger partial charge >= 0.3 is 103 Å². The topological polar surface area (TPSA) is 18.5 Å². The van der Waals surface area contributed by atoms with E-state index >= 15 is 0 Å². The Balaban J connectivity index is 2.31. The molecule has 0 aromatic carbocycles. The fourth-order valence-corrected chi connectivity index (χ4v) is 11.2. The summed E-state index contributed by atoms with van der Waals surface area (Å²) in [7, 11) is 6.72. The van der Waals surface area contributed by atoms with E-state index in [1.54, 1.807) is 4.18 Å². The average Bonchev–Trinajstić information content (AvgIpc) is 2.32. The van der Waals surface area contributed by atoms with Gasteiger partial charge < -0.3 is 0 Å². The Kier molecular flexibility index (Phi) is 6.58. The predicted octanol–water partition coefficient (Wildman–Crippen LogP) is 0.853. The van der Waals surface area contributed by atoms with Crippen LogP contribution in [0.3, 0.4) is 0 Å². The van der Waals surface area contributed by atoms with Gasteiger partial charge in [0.2, 0.25) is 0 Å². The summed E-state index contributed by atoms with van der Waals surface area (Å²) in [5, 5.41) is 3.56. The fourth-order valence-electron chi connectivity index (χ4n) is 2.28. The van der Waals surface area contributed by atoms with Gasteiger partial charge in [-0.15, -0.1) is 0 Å². The monoisotopic (exact) mass is 315 g/mol. The quantitative estimate of drug-likeness (QED) is 0.830. The molecule has 1 saturated heterocycles. The van der Waals surface area contributed by atoms with Crippen LogP contribution in [0.2, 0.25) is 8.35 Å². The Bertz CT molecular complexity index is 175. The van der Waals surface area contributed by atoms with E-state index in [0.717, 1.165) is 6.04 Å². The number of hydrogen-bond donors (Lipinski definition) is 1. The van der Waals surface area contributed by atoms with E-state index < -0.39 is 21.7 Å². The van der Waals surface area contributed by atoms with Crippen molar-refractivity contribution >= 4 is 21.7 Å². The van der Waals surface area contributed by atoms with Crippen molar-refractivity contribution in [2.75, 3.05) is 40.8 Å². The van der Waals surface area contributed by atoms with Gasteiger partial charge in [-0.05, 0) is 0 Å². The third-order valence-electron chi connectivity index (χ3n) is 3.51. The fraction of sp³-hybridized carbons (Fsp3) is 1.00. The van der Waals surface area contributed by atoms with Crippen molar-refractivity contribution in [3.8, 4) is 0 Å². The summed E-state index contributed by atoms with van der Waals surface area (Å²) in [5.74, 6) is 0. The van der Waals surface area contributed by atoms with Crippen LogP contribution in [0.4, 0.5) is 0 Å². The maximum absolute atomic E-state index is 3.56. The van der Waals surface area contributed by atoms with Gasteiger partial charge in [0.15, 0.2) is 0 Å². The Morgan fingerprint density at radius 3 is 2.87 bits per heavy atom. The molecule has 0 saturated carbocycles. The van der Waals surface area contributed by atoms with Crippen LogP contribution in [0.1, 0.15) is 13.3 Å². The third kappa shape index (κ3) is 5.07. The molecule has 4 heteroatoms. The van der Waals surface area contributed by atoms with E-state index in [0.29, 0.717) is 0 Å². The second-order valence-corrected chi connectivity index (χ2v) is 14.5. The number of rotatable bonds is 4. The Hall–Kier alpha value is 0.750. The molecule has 1 rings (SSSR count). The standard InChI is InChI=1S/C6H14N2.C5H12N.In/c1-4-8-5-6(2)7-3;1-4-5-6(2)3;/h6,8H,1,4-5H2,2-3H3;1,4-5H2,2-3H3;/q-1;;+1. The molecule has 0 amide bonds. The van der Waals surface area contributed by atoms with Gasteiger partial charge in [-0.2, -0.15) is 0 Å². The maximum atomic E-state index is 3.56. The molecule has 88 valence electrons. The minimum absolute atomic E-state index is 0.771. The molecule has 1 N–H and O–H groups in total. The zero-order chi connectivity index (χ0) is 11.3. The van der Waals surface area contributed by atoms with E-state index in [2.05, 4.69) is 41.2 Å². The average molecular weight is 315 g/mol. The number of hydrogen-bond acceptors (Lipinski definition) is 3. The van der Waals surface area contributed by atoms with E-state index in [-0.39, 0.29) is 0 Å². The Labute approximate surface area is 103 Å². The van der Waals surface area contributed by atoms with Gasteiger partial charge in [-0.3, -0.25) is 0 Å². The van der Waals surface area contributed by atoms with Gasteiger partial charge in [-0.25, -0.2) is 0 Å². The molecule has 0 aromatic rings. The summed E-state index contributed by atoms with van der Waals surface area (Å²) >= 11 is -1.36. The molecule has 1 unspecified atom stereocenters. The zero-order valence-electron chi connectivity index (χ0n) is 10.8. The van der Waals surface area contributed by atoms with Crippen LogP contribution in [-0.2, 0) is 0 Å². The van der Waals surface area contributed by atoms with E-state index in [4.69, 9.17) is 0 Å². The number of nitrogens with one attached hydrogen (secondary N) is 1. The molecule has 1 heterocycles. The Morgan fingerprint density at radius 1 is 1.47 bits per heavy atom. The summed E-state index contributed by atoms with van der Waals surface area (Å²) in [6, 6.07) is 0.771. The predicted molar refractivity (Wildman–Crippen MR) is 68.6 cm³/mol. The SMILES string of the molecule is CC1CNC[CH2][In]([CH2]CCN(C)C)[N]1C. The van der Waals surface area contributed by atoms with Gasteiger partial charge in [0.25, 0.3) is 0 Å². The van der Waals surface area contributed by atoms with Crippen LogP contribution >= 0.6 is 0 Å². The van der Waals surface area contributed by atoms with Gasteiger partial charge in [0.05, 0.1) is 0 Å². The van der Waals surface area contributed by atoms with Crippen molar-refractivity contribution in [1.29, 1.82) is 0 Å². The first-order valence-electron chi connectivity index (χ1n) is 6.18. The van der Waals surface area contributed by atoms with Crippen molar-refractivity contribution in [2.24, 2.45) is 0 Å². The summed E-state index contributed by atoms with van der Waals surface area (Å²) in [5.41, 5.74) is 0. The number of nitrogens with zero attached hydrogens (tertiary/aromatic N) is 2. The first kappa shape index (κ1) is 13.8. The van der Waals surface area contributed by atoms with Crippen LogP contribution < -0.4 is 5.32 Å². The van der Waals surface area contributed by atoms with Crippen molar-refractivity contribution in [1.82, 2.24) is 13.1 Å². The van der Waals surface area contributed by atoms with Gasteiger partial charge in [0, 0.05) is 0 Å². The first-order valence-corrected chi connectivity index (χ1v) is 12.3. The molecule has 0 aromatic heterocycles. The van der Waals surface area contributed by atoms with E-state index in [9.17, 15) is 0 Å². The van der Waals surface area contributed by atoms with Gasteiger partial charge in [-0.1, -0.05) is 0 Å². The first-order chi connectivity index (χ1) is 7.11. The van der Waals surface area contributed by atoms with Crippen LogP contribution in [-0.4, -0.2) is 76.3 Å². The molecule has 1 aliphatic rings. The van der Waals surface area contributed by atoms with E-state index in [1.807, 2.05) is 0 Å². The van der Waals surface area contributed by atoms with Crippen molar-refractivity contribution in [3.05, 3.63) is 0 Å². The molecule has 1 aliphatic heterocycles. The minimum atomic E-state index is -1.36. The molecule has 15 heavy (non-hydrogen) atoms. The molecule has 1 fully saturated rings. The summed E-state index contributed by atoms with van der Waals surface area (Å²) < 4.78 is 5.82. The third-order valence-corrected chi connectivity index (χ3v) is 14.0. The Morgan fingerprint density at radius 2 is 2.20 bits per heavy atom. The second-order valence-electron chi connectivity index (χ2n) is 5.11. The van der Waals surface area contributed by atoms with Crippen LogP contribution in [0, 0.1) is 0 Å². The molecule has 3 nitrogen and oxygen atoms in total. The van der Waals surface area contributed by atoms with Crippen molar-refractivity contribution < 1.29 is 0 Å². The second kappa shape index (κ2) is 7.15. The molecular weight excluding hydrogens is 289 g/mol. The van der Waals surface area contributed by atoms with Gasteiger partial charge in [0.1, 0.15) is 0 Å². The number of likely N-dealkylation sites (N-methyl/N-ethyl adjacent to an activating group) is 1.